The molecule has 1 saturated heterocycles. The van der Waals surface area contributed by atoms with Crippen LogP contribution in [0.2, 0.25) is 0 Å². The van der Waals surface area contributed by atoms with Crippen LogP contribution in [0.3, 0.4) is 0 Å². The molecule has 1 amide bonds. The smallest absolute Gasteiger partial charge is 0.407 e. The van der Waals surface area contributed by atoms with Crippen molar-refractivity contribution >= 4 is 17.5 Å². The van der Waals surface area contributed by atoms with Crippen molar-refractivity contribution in [3.63, 3.8) is 0 Å². The molecule has 1 heterocycles. The molecule has 2 aromatic carbocycles. The molecular weight excluding hydrogens is 464 g/mol. The Morgan fingerprint density at radius 2 is 1.77 bits per heavy atom. The predicted molar refractivity (Wildman–Crippen MR) is 137 cm³/mol. The average Bonchev–Trinajstić information content (AvgIpc) is 3.11. The van der Waals surface area contributed by atoms with Crippen LogP contribution < -0.4 is 9.46 Å². The number of hydrogen-bond donors (Lipinski definition) is 2. The summed E-state index contributed by atoms with van der Waals surface area (Å²) in [5.41, 5.74) is 4.42. The number of carbonyl (C=O) groups is 1. The molecule has 0 radical (unpaired) electrons. The lowest BCUT2D eigenvalue weighted by atomic mass is 9.73. The number of amides is 1. The second-order valence-electron chi connectivity index (χ2n) is 10.6. The van der Waals surface area contributed by atoms with Crippen LogP contribution in [-0.4, -0.2) is 45.6 Å². The van der Waals surface area contributed by atoms with Gasteiger partial charge >= 0.3 is 6.09 Å². The van der Waals surface area contributed by atoms with Crippen LogP contribution in [0.25, 0.3) is 0 Å². The molecule has 0 aromatic heterocycles. The molecule has 0 unspecified atom stereocenters. The van der Waals surface area contributed by atoms with Crippen molar-refractivity contribution in [1.29, 1.82) is 0 Å². The van der Waals surface area contributed by atoms with Gasteiger partial charge in [0.2, 0.25) is 0 Å². The summed E-state index contributed by atoms with van der Waals surface area (Å²) in [5.74, 6) is 0.821. The molecule has 7 nitrogen and oxygen atoms in total. The van der Waals surface area contributed by atoms with E-state index in [1.165, 1.54) is 10.5 Å². The lowest BCUT2D eigenvalue weighted by Crippen LogP contribution is -2.50. The van der Waals surface area contributed by atoms with Crippen LogP contribution in [-0.2, 0) is 35.7 Å². The van der Waals surface area contributed by atoms with Gasteiger partial charge in [-0.3, -0.25) is 0 Å². The summed E-state index contributed by atoms with van der Waals surface area (Å²) in [7, 11) is 1.65. The minimum Gasteiger partial charge on any atom is -0.598 e. The van der Waals surface area contributed by atoms with Crippen molar-refractivity contribution in [3.05, 3.63) is 64.7 Å². The second kappa shape index (κ2) is 10.4. The molecular formula is C27H36N2O5S. The maximum absolute atomic E-state index is 13.2. The van der Waals surface area contributed by atoms with E-state index in [9.17, 15) is 14.5 Å². The molecule has 0 saturated carbocycles. The molecule has 2 aromatic rings. The third kappa shape index (κ3) is 5.77. The van der Waals surface area contributed by atoms with Crippen LogP contribution >= 0.6 is 0 Å². The minimum atomic E-state index is -1.24. The largest absolute Gasteiger partial charge is 0.598 e. The minimum absolute atomic E-state index is 0.0879. The lowest BCUT2D eigenvalue weighted by Gasteiger charge is -2.43. The first-order valence-corrected chi connectivity index (χ1v) is 13.2. The van der Waals surface area contributed by atoms with Gasteiger partial charge in [0, 0.05) is 29.9 Å². The van der Waals surface area contributed by atoms with Gasteiger partial charge in [0.05, 0.1) is 26.4 Å². The van der Waals surface area contributed by atoms with E-state index in [4.69, 9.17) is 9.47 Å². The van der Waals surface area contributed by atoms with Gasteiger partial charge in [-0.2, -0.15) is 0 Å². The van der Waals surface area contributed by atoms with E-state index in [0.29, 0.717) is 26.3 Å². The zero-order chi connectivity index (χ0) is 25.2. The Labute approximate surface area is 211 Å². The Hall–Kier alpha value is -2.26. The van der Waals surface area contributed by atoms with Crippen molar-refractivity contribution in [2.45, 2.75) is 64.0 Å². The van der Waals surface area contributed by atoms with Crippen LogP contribution in [0.5, 0.6) is 5.75 Å². The zero-order valence-corrected chi connectivity index (χ0v) is 21.8. The first kappa shape index (κ1) is 25.8. The summed E-state index contributed by atoms with van der Waals surface area (Å²) >= 11 is -1.24. The average molecular weight is 501 g/mol. The SMILES string of the molecule is COc1ccc(COCc2ccc3c(c2)[C@@H](N[S@+]([O-])C(C)(C)C)C2(CCN(C(=O)O)CC2)C3)cc1. The number of hydrogen-bond acceptors (Lipinski definition) is 5. The molecule has 35 heavy (non-hydrogen) atoms. The predicted octanol–water partition coefficient (Wildman–Crippen LogP) is 4.82. The zero-order valence-electron chi connectivity index (χ0n) is 21.0. The summed E-state index contributed by atoms with van der Waals surface area (Å²) in [4.78, 5) is 13.0. The normalized spacial score (nSPS) is 20.0. The molecule has 2 atom stereocenters. The van der Waals surface area contributed by atoms with Gasteiger partial charge in [0.15, 0.2) is 0 Å². The van der Waals surface area contributed by atoms with Crippen molar-refractivity contribution < 1.29 is 23.9 Å². The van der Waals surface area contributed by atoms with Crippen LogP contribution in [0.15, 0.2) is 42.5 Å². The summed E-state index contributed by atoms with van der Waals surface area (Å²) in [5, 5.41) is 9.43. The number of fused-ring (bicyclic) bond motifs is 1. The molecule has 1 aliphatic heterocycles. The fraction of sp³-hybridized carbons (Fsp3) is 0.519. The molecule has 2 N–H and O–H groups in total. The second-order valence-corrected chi connectivity index (χ2v) is 12.6. The van der Waals surface area contributed by atoms with Crippen molar-refractivity contribution in [2.24, 2.45) is 5.41 Å². The van der Waals surface area contributed by atoms with E-state index in [1.807, 2.05) is 45.0 Å². The molecule has 190 valence electrons. The number of carboxylic acid groups (broad SMARTS) is 1. The Morgan fingerprint density at radius 3 is 2.37 bits per heavy atom. The quantitative estimate of drug-likeness (QED) is 0.530. The van der Waals surface area contributed by atoms with E-state index < -0.39 is 22.2 Å². The third-order valence-electron chi connectivity index (χ3n) is 7.18. The number of nitrogens with zero attached hydrogens (tertiary/aromatic N) is 1. The van der Waals surface area contributed by atoms with Crippen molar-refractivity contribution in [1.82, 2.24) is 9.62 Å². The molecule has 0 bridgehead atoms. The number of ether oxygens (including phenoxy) is 2. The third-order valence-corrected chi connectivity index (χ3v) is 8.75. The van der Waals surface area contributed by atoms with Gasteiger partial charge in [-0.15, -0.1) is 4.72 Å². The van der Waals surface area contributed by atoms with Gasteiger partial charge in [0.1, 0.15) is 10.5 Å². The Bertz CT molecular complexity index is 1030. The van der Waals surface area contributed by atoms with Gasteiger partial charge in [0.25, 0.3) is 0 Å². The summed E-state index contributed by atoms with van der Waals surface area (Å²) in [6, 6.07) is 14.2. The fourth-order valence-corrected chi connectivity index (χ4v) is 6.01. The van der Waals surface area contributed by atoms with Gasteiger partial charge in [-0.05, 0) is 74.4 Å². The molecule has 1 fully saturated rings. The number of likely N-dealkylation sites (tertiary alicyclic amines) is 1. The van der Waals surface area contributed by atoms with E-state index in [0.717, 1.165) is 41.7 Å². The van der Waals surface area contributed by atoms with Crippen LogP contribution in [0.1, 0.15) is 61.9 Å². The number of benzene rings is 2. The van der Waals surface area contributed by atoms with E-state index in [-0.39, 0.29) is 11.5 Å². The summed E-state index contributed by atoms with van der Waals surface area (Å²) < 4.78 is 27.4. The topological polar surface area (TPSA) is 94.1 Å². The fourth-order valence-electron chi connectivity index (χ4n) is 5.06. The highest BCUT2D eigenvalue weighted by molar-refractivity contribution is 7.90. The highest BCUT2D eigenvalue weighted by Gasteiger charge is 2.51. The summed E-state index contributed by atoms with van der Waals surface area (Å²) in [6.07, 6.45) is 1.49. The van der Waals surface area contributed by atoms with Crippen molar-refractivity contribution in [2.75, 3.05) is 20.2 Å². The first-order valence-electron chi connectivity index (χ1n) is 12.1. The number of rotatable bonds is 7. The van der Waals surface area contributed by atoms with E-state index >= 15 is 0 Å². The molecule has 1 aliphatic carbocycles. The number of nitrogens with one attached hydrogen (secondary N) is 1. The van der Waals surface area contributed by atoms with Gasteiger partial charge < -0.3 is 24.0 Å². The van der Waals surface area contributed by atoms with E-state index in [1.54, 1.807) is 7.11 Å². The summed E-state index contributed by atoms with van der Waals surface area (Å²) in [6.45, 7) is 7.89. The van der Waals surface area contributed by atoms with Crippen molar-refractivity contribution in [3.8, 4) is 5.75 Å². The Balaban J connectivity index is 1.51. The lowest BCUT2D eigenvalue weighted by molar-refractivity contribution is 0.0763. The maximum atomic E-state index is 13.2. The molecule has 1 spiro atoms. The van der Waals surface area contributed by atoms with E-state index in [2.05, 4.69) is 22.9 Å². The molecule has 4 rings (SSSR count). The highest BCUT2D eigenvalue weighted by atomic mass is 32.2. The van der Waals surface area contributed by atoms with Crippen LogP contribution in [0, 0.1) is 5.41 Å². The first-order chi connectivity index (χ1) is 16.6. The van der Waals surface area contributed by atoms with Crippen LogP contribution in [0.4, 0.5) is 4.79 Å². The molecule has 8 heteroatoms. The molecule has 2 aliphatic rings. The van der Waals surface area contributed by atoms with Gasteiger partial charge in [-0.1, -0.05) is 30.3 Å². The van der Waals surface area contributed by atoms with Gasteiger partial charge in [-0.25, -0.2) is 4.79 Å². The standard InChI is InChI=1S/C27H36N2O5S/c1-26(2,3)35(32)28-24-23-15-20(18-34-17-19-6-9-22(33-4)10-7-19)5-8-21(23)16-27(24)11-13-29(14-12-27)25(30)31/h5-10,15,24,28H,11-14,16-18H2,1-4H3,(H,30,31)/t24-,35-/m1/s1. The Morgan fingerprint density at radius 1 is 1.14 bits per heavy atom. The Kier molecular flexibility index (Phi) is 7.66. The maximum Gasteiger partial charge on any atom is 0.407 e. The highest BCUT2D eigenvalue weighted by Crippen LogP contribution is 2.52. The number of methoxy groups -OCH3 is 1. The monoisotopic (exact) mass is 500 g/mol. The number of piperidine rings is 1.